The van der Waals surface area contributed by atoms with Crippen molar-refractivity contribution in [1.29, 1.82) is 0 Å². The van der Waals surface area contributed by atoms with E-state index in [4.69, 9.17) is 16.0 Å². The quantitative estimate of drug-likeness (QED) is 0.259. The van der Waals surface area contributed by atoms with Crippen LogP contribution in [0.2, 0.25) is 5.02 Å². The zero-order chi connectivity index (χ0) is 23.4. The highest BCUT2D eigenvalue weighted by atomic mass is 35.5. The summed E-state index contributed by atoms with van der Waals surface area (Å²) >= 11 is 6.28. The van der Waals surface area contributed by atoms with Crippen LogP contribution in [0.15, 0.2) is 65.1 Å². The summed E-state index contributed by atoms with van der Waals surface area (Å²) in [5.41, 5.74) is 1.96. The third kappa shape index (κ3) is 4.91. The summed E-state index contributed by atoms with van der Waals surface area (Å²) in [5, 5.41) is 19.6. The maximum Gasteiger partial charge on any atom is 0.337 e. The van der Waals surface area contributed by atoms with E-state index in [9.17, 15) is 9.90 Å². The highest BCUT2D eigenvalue weighted by molar-refractivity contribution is 6.33. The van der Waals surface area contributed by atoms with Gasteiger partial charge in [0, 0.05) is 12.6 Å². The Morgan fingerprint density at radius 1 is 1.03 bits per heavy atom. The Balaban J connectivity index is 1.62. The van der Waals surface area contributed by atoms with E-state index in [-0.39, 0.29) is 5.56 Å². The number of nitrogens with zero attached hydrogens (tertiary/aromatic N) is 2. The van der Waals surface area contributed by atoms with Crippen molar-refractivity contribution in [3.05, 3.63) is 82.8 Å². The molecule has 2 aromatic carbocycles. The summed E-state index contributed by atoms with van der Waals surface area (Å²) in [4.78, 5) is 20.5. The van der Waals surface area contributed by atoms with Gasteiger partial charge in [0.25, 0.3) is 0 Å². The summed E-state index contributed by atoms with van der Waals surface area (Å²) in [5.74, 6) is 1.85. The van der Waals surface area contributed by atoms with E-state index in [0.717, 1.165) is 5.56 Å². The van der Waals surface area contributed by atoms with Crippen LogP contribution in [0, 0.1) is 6.92 Å². The molecule has 0 radical (unpaired) electrons. The molecule has 0 aliphatic rings. The number of rotatable bonds is 8. The van der Waals surface area contributed by atoms with E-state index in [0.29, 0.717) is 51.9 Å². The molecule has 4 aromatic rings. The lowest BCUT2D eigenvalue weighted by molar-refractivity contribution is 0.0698. The number of nitrogens with one attached hydrogen (secondary N) is 3. The molecule has 2 heterocycles. The van der Waals surface area contributed by atoms with Gasteiger partial charge in [-0.15, -0.1) is 0 Å². The standard InChI is InChI=1S/C24H22ClN5O3/c1-14-28-22(26-2)21(23(29-14)30-19-10-6-4-8-17(19)24(31)32)27-13-15-11-12-20(33-15)16-7-3-5-9-18(16)25/h3-12,27H,13H2,1-2H3,(H,31,32)(H2,26,28,29,30). The van der Waals surface area contributed by atoms with E-state index >= 15 is 0 Å². The van der Waals surface area contributed by atoms with Crippen LogP contribution in [0.1, 0.15) is 21.9 Å². The second-order valence-electron chi connectivity index (χ2n) is 7.17. The number of aromatic nitrogens is 2. The van der Waals surface area contributed by atoms with E-state index in [1.54, 1.807) is 32.2 Å². The van der Waals surface area contributed by atoms with Crippen molar-refractivity contribution in [1.82, 2.24) is 9.97 Å². The number of carboxylic acid groups (broad SMARTS) is 1. The summed E-state index contributed by atoms with van der Waals surface area (Å²) in [6, 6.07) is 17.9. The summed E-state index contributed by atoms with van der Waals surface area (Å²) < 4.78 is 5.97. The van der Waals surface area contributed by atoms with Gasteiger partial charge in [0.05, 0.1) is 22.8 Å². The molecule has 0 aliphatic carbocycles. The molecule has 0 spiro atoms. The van der Waals surface area contributed by atoms with Crippen molar-refractivity contribution >= 4 is 40.6 Å². The number of aromatic carboxylic acids is 1. The molecule has 2 aromatic heterocycles. The van der Waals surface area contributed by atoms with Gasteiger partial charge in [-0.1, -0.05) is 35.9 Å². The van der Waals surface area contributed by atoms with Gasteiger partial charge < -0.3 is 25.5 Å². The highest BCUT2D eigenvalue weighted by Crippen LogP contribution is 2.33. The molecule has 168 valence electrons. The second kappa shape index (κ2) is 9.62. The molecule has 33 heavy (non-hydrogen) atoms. The molecule has 0 unspecified atom stereocenters. The molecule has 0 saturated heterocycles. The molecule has 0 saturated carbocycles. The lowest BCUT2D eigenvalue weighted by Crippen LogP contribution is -2.11. The van der Waals surface area contributed by atoms with Gasteiger partial charge in [-0.05, 0) is 43.3 Å². The van der Waals surface area contributed by atoms with Crippen molar-refractivity contribution in [3.63, 3.8) is 0 Å². The molecule has 0 bridgehead atoms. The third-order valence-electron chi connectivity index (χ3n) is 4.91. The minimum atomic E-state index is -1.03. The topological polar surface area (TPSA) is 112 Å². The Morgan fingerprint density at radius 3 is 2.52 bits per heavy atom. The predicted molar refractivity (Wildman–Crippen MR) is 129 cm³/mol. The zero-order valence-electron chi connectivity index (χ0n) is 18.0. The number of hydrogen-bond acceptors (Lipinski definition) is 7. The second-order valence-corrected chi connectivity index (χ2v) is 7.58. The maximum atomic E-state index is 11.6. The number of benzene rings is 2. The number of halogens is 1. The van der Waals surface area contributed by atoms with Crippen molar-refractivity contribution in [2.24, 2.45) is 0 Å². The summed E-state index contributed by atoms with van der Waals surface area (Å²) in [7, 11) is 1.75. The first kappa shape index (κ1) is 22.2. The smallest absolute Gasteiger partial charge is 0.337 e. The van der Waals surface area contributed by atoms with Gasteiger partial charge in [0.1, 0.15) is 23.0 Å². The van der Waals surface area contributed by atoms with Gasteiger partial charge >= 0.3 is 5.97 Å². The van der Waals surface area contributed by atoms with Gasteiger partial charge in [0.15, 0.2) is 11.6 Å². The van der Waals surface area contributed by atoms with Crippen LogP contribution in [0.3, 0.4) is 0 Å². The number of carboxylic acids is 1. The van der Waals surface area contributed by atoms with Gasteiger partial charge in [-0.2, -0.15) is 0 Å². The van der Waals surface area contributed by atoms with E-state index in [1.807, 2.05) is 36.4 Å². The molecule has 0 amide bonds. The van der Waals surface area contributed by atoms with Gasteiger partial charge in [-0.3, -0.25) is 0 Å². The maximum absolute atomic E-state index is 11.6. The van der Waals surface area contributed by atoms with E-state index in [2.05, 4.69) is 25.9 Å². The summed E-state index contributed by atoms with van der Waals surface area (Å²) in [6.07, 6.45) is 0. The molecular weight excluding hydrogens is 442 g/mol. The minimum absolute atomic E-state index is 0.140. The Hall–Kier alpha value is -4.04. The fourth-order valence-electron chi connectivity index (χ4n) is 3.37. The summed E-state index contributed by atoms with van der Waals surface area (Å²) in [6.45, 7) is 2.11. The highest BCUT2D eigenvalue weighted by Gasteiger charge is 2.17. The van der Waals surface area contributed by atoms with Crippen LogP contribution >= 0.6 is 11.6 Å². The number of para-hydroxylation sites is 1. The molecular formula is C24H22ClN5O3. The zero-order valence-corrected chi connectivity index (χ0v) is 18.8. The Bertz CT molecular complexity index is 1310. The van der Waals surface area contributed by atoms with Crippen molar-refractivity contribution < 1.29 is 14.3 Å². The molecule has 4 rings (SSSR count). The largest absolute Gasteiger partial charge is 0.478 e. The number of hydrogen-bond donors (Lipinski definition) is 4. The van der Waals surface area contributed by atoms with Crippen LogP contribution in [0.25, 0.3) is 11.3 Å². The van der Waals surface area contributed by atoms with Gasteiger partial charge in [-0.25, -0.2) is 14.8 Å². The lowest BCUT2D eigenvalue weighted by atomic mass is 10.2. The average molecular weight is 464 g/mol. The molecule has 0 aliphatic heterocycles. The van der Waals surface area contributed by atoms with Crippen LogP contribution in [0.4, 0.5) is 23.0 Å². The van der Waals surface area contributed by atoms with Gasteiger partial charge in [0.2, 0.25) is 0 Å². The monoisotopic (exact) mass is 463 g/mol. The normalized spacial score (nSPS) is 10.6. The van der Waals surface area contributed by atoms with Crippen LogP contribution < -0.4 is 16.0 Å². The van der Waals surface area contributed by atoms with Crippen molar-refractivity contribution in [2.75, 3.05) is 23.0 Å². The van der Waals surface area contributed by atoms with Crippen LogP contribution in [-0.2, 0) is 6.54 Å². The average Bonchev–Trinajstić information content (AvgIpc) is 3.27. The fourth-order valence-corrected chi connectivity index (χ4v) is 3.60. The molecule has 8 nitrogen and oxygen atoms in total. The lowest BCUT2D eigenvalue weighted by Gasteiger charge is -2.17. The van der Waals surface area contributed by atoms with E-state index < -0.39 is 5.97 Å². The number of aryl methyl sites for hydroxylation is 1. The Labute approximate surface area is 195 Å². The van der Waals surface area contributed by atoms with Crippen LogP contribution in [0.5, 0.6) is 0 Å². The number of furan rings is 1. The SMILES string of the molecule is CNc1nc(C)nc(Nc2ccccc2C(=O)O)c1NCc1ccc(-c2ccccc2Cl)o1. The first-order chi connectivity index (χ1) is 16.0. The third-order valence-corrected chi connectivity index (χ3v) is 5.24. The van der Waals surface area contributed by atoms with Crippen molar-refractivity contribution in [3.8, 4) is 11.3 Å². The fraction of sp³-hybridized carbons (Fsp3) is 0.125. The minimum Gasteiger partial charge on any atom is -0.478 e. The molecule has 4 N–H and O–H groups in total. The first-order valence-electron chi connectivity index (χ1n) is 10.2. The Kier molecular flexibility index (Phi) is 6.46. The van der Waals surface area contributed by atoms with Crippen molar-refractivity contribution in [2.45, 2.75) is 13.5 Å². The number of anilines is 4. The predicted octanol–water partition coefficient (Wildman–Crippen LogP) is 5.79. The first-order valence-corrected chi connectivity index (χ1v) is 10.6. The molecule has 0 atom stereocenters. The molecule has 9 heteroatoms. The molecule has 0 fully saturated rings. The van der Waals surface area contributed by atoms with E-state index in [1.165, 1.54) is 6.07 Å². The number of carbonyl (C=O) groups is 1. The Morgan fingerprint density at radius 2 is 1.76 bits per heavy atom. The van der Waals surface area contributed by atoms with Crippen LogP contribution in [-0.4, -0.2) is 28.1 Å².